The Morgan fingerprint density at radius 3 is 2.02 bits per heavy atom. The Morgan fingerprint density at radius 1 is 0.925 bits per heavy atom. The first kappa shape index (κ1) is 27.3. The van der Waals surface area contributed by atoms with Crippen LogP contribution in [0.3, 0.4) is 0 Å². The fourth-order valence-electron chi connectivity index (χ4n) is 5.08. The molecule has 1 aliphatic rings. The number of aliphatic hydroxyl groups excluding tert-OH is 1. The number of ether oxygens (including phenoxy) is 4. The molecule has 1 aliphatic heterocycles. The second-order valence-corrected chi connectivity index (χ2v) is 9.57. The smallest absolute Gasteiger partial charge is 0.278 e. The molecule has 208 valence electrons. The molecule has 10 nitrogen and oxygen atoms in total. The van der Waals surface area contributed by atoms with Crippen molar-refractivity contribution in [3.63, 3.8) is 0 Å². The number of anilines is 1. The van der Waals surface area contributed by atoms with Crippen LogP contribution in [0.2, 0.25) is 0 Å². The summed E-state index contributed by atoms with van der Waals surface area (Å²) in [5, 5.41) is 18.6. The number of benzene rings is 3. The molecule has 5 rings (SSSR count). The summed E-state index contributed by atoms with van der Waals surface area (Å²) in [6.07, 6.45) is -2.32. The van der Waals surface area contributed by atoms with Gasteiger partial charge in [-0.3, -0.25) is 4.79 Å². The zero-order valence-electron chi connectivity index (χ0n) is 22.6. The SMILES string of the molecule is COc1ccc(C(OC[C@H]2O[C@@H](n3c(N)nnc(C)c3=O)C[C@@H]2O)(c2ccccc2)c2ccc(OC)cc2)cc1. The Morgan fingerprint density at radius 2 is 1.48 bits per heavy atom. The van der Waals surface area contributed by atoms with Crippen molar-refractivity contribution < 1.29 is 24.1 Å². The lowest BCUT2D eigenvalue weighted by molar-refractivity contribution is -0.0940. The summed E-state index contributed by atoms with van der Waals surface area (Å²) < 4.78 is 25.0. The van der Waals surface area contributed by atoms with Crippen LogP contribution in [-0.4, -0.2) is 52.9 Å². The van der Waals surface area contributed by atoms with Crippen molar-refractivity contribution in [2.24, 2.45) is 0 Å². The summed E-state index contributed by atoms with van der Waals surface area (Å²) >= 11 is 0. The van der Waals surface area contributed by atoms with E-state index in [0.29, 0.717) is 11.5 Å². The first-order chi connectivity index (χ1) is 19.4. The van der Waals surface area contributed by atoms with Crippen LogP contribution in [0.15, 0.2) is 83.7 Å². The minimum Gasteiger partial charge on any atom is -0.497 e. The molecule has 3 aromatic carbocycles. The highest BCUT2D eigenvalue weighted by Crippen LogP contribution is 2.42. The molecule has 2 heterocycles. The van der Waals surface area contributed by atoms with E-state index in [2.05, 4.69) is 10.2 Å². The molecule has 0 bridgehead atoms. The fraction of sp³-hybridized carbons (Fsp3) is 0.300. The van der Waals surface area contributed by atoms with Crippen LogP contribution in [-0.2, 0) is 15.1 Å². The molecule has 0 saturated carbocycles. The van der Waals surface area contributed by atoms with Gasteiger partial charge in [-0.1, -0.05) is 54.6 Å². The molecule has 0 unspecified atom stereocenters. The largest absolute Gasteiger partial charge is 0.497 e. The van der Waals surface area contributed by atoms with Gasteiger partial charge in [0, 0.05) is 6.42 Å². The monoisotopic (exact) mass is 544 g/mol. The molecule has 3 atom stereocenters. The van der Waals surface area contributed by atoms with Crippen molar-refractivity contribution in [2.45, 2.75) is 37.4 Å². The van der Waals surface area contributed by atoms with E-state index in [9.17, 15) is 9.90 Å². The second kappa shape index (κ2) is 11.5. The molecule has 0 amide bonds. The van der Waals surface area contributed by atoms with Crippen molar-refractivity contribution in [2.75, 3.05) is 26.6 Å². The van der Waals surface area contributed by atoms with E-state index < -0.39 is 29.6 Å². The average Bonchev–Trinajstić information content (AvgIpc) is 3.36. The zero-order chi connectivity index (χ0) is 28.3. The standard InChI is InChI=1S/C30H32N4O6/c1-19-28(36)34(29(31)33-32-19)27-17-25(35)26(40-27)18-39-30(20-7-5-4-6-8-20,21-9-13-23(37-2)14-10-21)22-11-15-24(38-3)16-12-22/h4-16,25-27,35H,17-18H2,1-3H3,(H2,31,33)/t25-,26+,27+/m0/s1. The minimum absolute atomic E-state index is 0.0107. The lowest BCUT2D eigenvalue weighted by Gasteiger charge is -2.37. The maximum atomic E-state index is 12.7. The first-order valence-electron chi connectivity index (χ1n) is 12.9. The van der Waals surface area contributed by atoms with Gasteiger partial charge in [0.15, 0.2) is 0 Å². The Hall–Kier alpha value is -4.25. The first-order valence-corrected chi connectivity index (χ1v) is 12.9. The predicted octanol–water partition coefficient (Wildman–Crippen LogP) is 3.20. The normalized spacial score (nSPS) is 18.9. The number of hydrogen-bond donors (Lipinski definition) is 2. The predicted molar refractivity (Wildman–Crippen MR) is 148 cm³/mol. The van der Waals surface area contributed by atoms with Crippen LogP contribution in [0.4, 0.5) is 5.95 Å². The van der Waals surface area contributed by atoms with E-state index >= 15 is 0 Å². The molecule has 1 fully saturated rings. The van der Waals surface area contributed by atoms with Crippen molar-refractivity contribution in [1.29, 1.82) is 0 Å². The number of hydrogen-bond acceptors (Lipinski definition) is 9. The van der Waals surface area contributed by atoms with E-state index in [1.807, 2.05) is 78.9 Å². The maximum Gasteiger partial charge on any atom is 0.278 e. The van der Waals surface area contributed by atoms with Crippen molar-refractivity contribution in [1.82, 2.24) is 14.8 Å². The molecule has 40 heavy (non-hydrogen) atoms. The van der Waals surface area contributed by atoms with Crippen LogP contribution in [0, 0.1) is 6.92 Å². The van der Waals surface area contributed by atoms with Crippen LogP contribution in [0.5, 0.6) is 11.5 Å². The van der Waals surface area contributed by atoms with E-state index in [1.54, 1.807) is 21.1 Å². The van der Waals surface area contributed by atoms with Gasteiger partial charge in [-0.2, -0.15) is 0 Å². The van der Waals surface area contributed by atoms with Gasteiger partial charge in [0.2, 0.25) is 5.95 Å². The van der Waals surface area contributed by atoms with Gasteiger partial charge >= 0.3 is 0 Å². The number of nitrogens with zero attached hydrogens (tertiary/aromatic N) is 3. The Balaban J connectivity index is 1.55. The van der Waals surface area contributed by atoms with Gasteiger partial charge < -0.3 is 29.8 Å². The molecule has 0 aliphatic carbocycles. The van der Waals surface area contributed by atoms with E-state index in [1.165, 1.54) is 4.57 Å². The van der Waals surface area contributed by atoms with Crippen molar-refractivity contribution in [3.8, 4) is 11.5 Å². The highest BCUT2D eigenvalue weighted by atomic mass is 16.6. The number of nitrogens with two attached hydrogens (primary N) is 1. The summed E-state index contributed by atoms with van der Waals surface area (Å²) in [6, 6.07) is 25.2. The van der Waals surface area contributed by atoms with E-state index in [4.69, 9.17) is 24.7 Å². The van der Waals surface area contributed by atoms with Gasteiger partial charge in [-0.25, -0.2) is 4.57 Å². The number of aliphatic hydroxyl groups is 1. The fourth-order valence-corrected chi connectivity index (χ4v) is 5.08. The molecule has 0 spiro atoms. The van der Waals surface area contributed by atoms with Crippen LogP contribution in [0.25, 0.3) is 0 Å². The van der Waals surface area contributed by atoms with Gasteiger partial charge in [-0.05, 0) is 47.9 Å². The van der Waals surface area contributed by atoms with Crippen LogP contribution < -0.4 is 20.8 Å². The summed E-state index contributed by atoms with van der Waals surface area (Å²) in [6.45, 7) is 1.56. The lowest BCUT2D eigenvalue weighted by Crippen LogP contribution is -2.38. The number of aryl methyl sites for hydroxylation is 1. The minimum atomic E-state index is -1.08. The number of rotatable bonds is 9. The summed E-state index contributed by atoms with van der Waals surface area (Å²) in [7, 11) is 3.24. The third kappa shape index (κ3) is 5.04. The molecule has 3 N–H and O–H groups in total. The molecule has 1 aromatic heterocycles. The third-order valence-electron chi connectivity index (χ3n) is 7.21. The van der Waals surface area contributed by atoms with Gasteiger partial charge in [0.05, 0.1) is 26.9 Å². The van der Waals surface area contributed by atoms with Gasteiger partial charge in [0.25, 0.3) is 5.56 Å². The van der Waals surface area contributed by atoms with Crippen molar-refractivity contribution in [3.05, 3.63) is 112 Å². The molecule has 4 aromatic rings. The quantitative estimate of drug-likeness (QED) is 0.305. The molecular weight excluding hydrogens is 512 g/mol. The topological polar surface area (TPSA) is 131 Å². The molecule has 1 saturated heterocycles. The summed E-state index contributed by atoms with van der Waals surface area (Å²) in [4.78, 5) is 12.7. The lowest BCUT2D eigenvalue weighted by atomic mass is 9.80. The van der Waals surface area contributed by atoms with Crippen LogP contribution in [0.1, 0.15) is 35.0 Å². The zero-order valence-corrected chi connectivity index (χ0v) is 22.6. The average molecular weight is 545 g/mol. The summed E-state index contributed by atoms with van der Waals surface area (Å²) in [5.74, 6) is 1.34. The van der Waals surface area contributed by atoms with Gasteiger partial charge in [-0.15, -0.1) is 10.2 Å². The van der Waals surface area contributed by atoms with E-state index in [-0.39, 0.29) is 24.7 Å². The number of methoxy groups -OCH3 is 2. The molecule has 0 radical (unpaired) electrons. The highest BCUT2D eigenvalue weighted by Gasteiger charge is 2.42. The van der Waals surface area contributed by atoms with Crippen LogP contribution >= 0.6 is 0 Å². The van der Waals surface area contributed by atoms with E-state index in [0.717, 1.165) is 16.7 Å². The Labute approximate surface area is 231 Å². The molecular formula is C30H32N4O6. The highest BCUT2D eigenvalue weighted by molar-refractivity contribution is 5.49. The third-order valence-corrected chi connectivity index (χ3v) is 7.21. The maximum absolute atomic E-state index is 12.7. The van der Waals surface area contributed by atoms with Crippen molar-refractivity contribution >= 4 is 5.95 Å². The molecule has 10 heteroatoms. The number of nitrogen functional groups attached to an aromatic ring is 1. The Bertz CT molecular complexity index is 1440. The Kier molecular flexibility index (Phi) is 7.83. The second-order valence-electron chi connectivity index (χ2n) is 9.57. The van der Waals surface area contributed by atoms with Gasteiger partial charge in [0.1, 0.15) is 35.1 Å². The summed E-state index contributed by atoms with van der Waals surface area (Å²) in [5.41, 5.74) is 7.23. The number of aromatic nitrogens is 3.